The van der Waals surface area contributed by atoms with Gasteiger partial charge >= 0.3 is 0 Å². The second-order valence-electron chi connectivity index (χ2n) is 4.00. The predicted octanol–water partition coefficient (Wildman–Crippen LogP) is 2.70. The van der Waals surface area contributed by atoms with Crippen LogP contribution in [-0.2, 0) is 12.8 Å². The van der Waals surface area contributed by atoms with Gasteiger partial charge in [0.05, 0.1) is 0 Å². The monoisotopic (exact) mass is 190 g/mol. The second kappa shape index (κ2) is 3.99. The van der Waals surface area contributed by atoms with Crippen molar-refractivity contribution < 1.29 is 0 Å². The number of hydrogen-bond donors (Lipinski definition) is 1. The molecule has 14 heavy (non-hydrogen) atoms. The summed E-state index contributed by atoms with van der Waals surface area (Å²) in [7, 11) is 0. The Morgan fingerprint density at radius 3 is 3.14 bits per heavy atom. The van der Waals surface area contributed by atoms with Crippen LogP contribution in [0, 0.1) is 6.92 Å². The smallest absolute Gasteiger partial charge is 0.0438 e. The maximum atomic E-state index is 4.47. The number of nitrogens with one attached hydrogen (secondary N) is 1. The quantitative estimate of drug-likeness (QED) is 0.775. The van der Waals surface area contributed by atoms with Gasteiger partial charge in [0, 0.05) is 24.1 Å². The first-order valence-electron chi connectivity index (χ1n) is 5.54. The first-order valence-corrected chi connectivity index (χ1v) is 5.54. The second-order valence-corrected chi connectivity index (χ2v) is 4.00. The van der Waals surface area contributed by atoms with Crippen LogP contribution in [0.15, 0.2) is 6.20 Å². The summed E-state index contributed by atoms with van der Waals surface area (Å²) in [6.45, 7) is 5.45. The number of anilines is 1. The molecule has 0 bridgehead atoms. The van der Waals surface area contributed by atoms with Gasteiger partial charge in [0.25, 0.3) is 0 Å². The molecule has 1 N–H and O–H groups in total. The molecule has 2 heterocycles. The van der Waals surface area contributed by atoms with Crippen molar-refractivity contribution in [3.05, 3.63) is 23.0 Å². The summed E-state index contributed by atoms with van der Waals surface area (Å²) in [6, 6.07) is 0. The van der Waals surface area contributed by atoms with Crippen LogP contribution in [-0.4, -0.2) is 11.5 Å². The van der Waals surface area contributed by atoms with Gasteiger partial charge in [-0.15, -0.1) is 0 Å². The van der Waals surface area contributed by atoms with E-state index in [9.17, 15) is 0 Å². The van der Waals surface area contributed by atoms with Gasteiger partial charge in [-0.25, -0.2) is 0 Å². The van der Waals surface area contributed by atoms with Crippen LogP contribution in [0.2, 0.25) is 0 Å². The summed E-state index contributed by atoms with van der Waals surface area (Å²) in [5.41, 5.74) is 5.42. The Labute approximate surface area is 85.7 Å². The van der Waals surface area contributed by atoms with Crippen molar-refractivity contribution in [3.63, 3.8) is 0 Å². The highest BCUT2D eigenvalue weighted by Crippen LogP contribution is 2.28. The molecule has 2 rings (SSSR count). The molecular formula is C12H18N2. The molecule has 2 nitrogen and oxygen atoms in total. The van der Waals surface area contributed by atoms with E-state index in [4.69, 9.17) is 0 Å². The number of aryl methyl sites for hydroxylation is 2. The maximum Gasteiger partial charge on any atom is 0.0438 e. The topological polar surface area (TPSA) is 24.9 Å². The van der Waals surface area contributed by atoms with E-state index in [0.717, 1.165) is 13.0 Å². The Morgan fingerprint density at radius 1 is 1.50 bits per heavy atom. The molecule has 0 aliphatic carbocycles. The molecule has 0 amide bonds. The molecule has 2 heteroatoms. The van der Waals surface area contributed by atoms with Crippen molar-refractivity contribution in [2.75, 3.05) is 11.9 Å². The lowest BCUT2D eigenvalue weighted by atomic mass is 9.97. The van der Waals surface area contributed by atoms with Crippen LogP contribution in [0.5, 0.6) is 0 Å². The molecule has 0 unspecified atom stereocenters. The summed E-state index contributed by atoms with van der Waals surface area (Å²) in [4.78, 5) is 4.47. The van der Waals surface area contributed by atoms with Crippen molar-refractivity contribution in [1.82, 2.24) is 4.98 Å². The molecule has 1 aliphatic rings. The summed E-state index contributed by atoms with van der Waals surface area (Å²) in [6.07, 6.45) is 6.81. The van der Waals surface area contributed by atoms with E-state index >= 15 is 0 Å². The highest BCUT2D eigenvalue weighted by molar-refractivity contribution is 5.59. The highest BCUT2D eigenvalue weighted by atomic mass is 14.9. The van der Waals surface area contributed by atoms with E-state index in [1.807, 2.05) is 6.20 Å². The van der Waals surface area contributed by atoms with E-state index in [1.165, 1.54) is 41.8 Å². The van der Waals surface area contributed by atoms with Crippen LogP contribution in [0.25, 0.3) is 0 Å². The lowest BCUT2D eigenvalue weighted by Gasteiger charge is -2.22. The van der Waals surface area contributed by atoms with E-state index in [2.05, 4.69) is 24.1 Å². The number of nitrogens with zero attached hydrogens (tertiary/aromatic N) is 1. The number of rotatable bonds is 2. The zero-order valence-electron chi connectivity index (χ0n) is 9.06. The van der Waals surface area contributed by atoms with E-state index < -0.39 is 0 Å². The molecule has 0 atom stereocenters. The summed E-state index contributed by atoms with van der Waals surface area (Å²) in [5.74, 6) is 0. The van der Waals surface area contributed by atoms with E-state index in [0.29, 0.717) is 0 Å². The molecule has 0 saturated carbocycles. The minimum Gasteiger partial charge on any atom is -0.384 e. The fraction of sp³-hybridized carbons (Fsp3) is 0.583. The summed E-state index contributed by atoms with van der Waals surface area (Å²) in [5, 5.41) is 3.52. The summed E-state index contributed by atoms with van der Waals surface area (Å²) >= 11 is 0. The fourth-order valence-electron chi connectivity index (χ4n) is 2.16. The van der Waals surface area contributed by atoms with Crippen LogP contribution in [0.3, 0.4) is 0 Å². The minimum atomic E-state index is 1.12. The zero-order valence-corrected chi connectivity index (χ0v) is 9.06. The van der Waals surface area contributed by atoms with Crippen LogP contribution < -0.4 is 5.32 Å². The Bertz CT molecular complexity index is 331. The van der Waals surface area contributed by atoms with Gasteiger partial charge in [0.2, 0.25) is 0 Å². The SMILES string of the molecule is CCCc1cnc(C)c2c1NCCC2. The maximum absolute atomic E-state index is 4.47. The molecule has 0 aromatic carbocycles. The number of pyridine rings is 1. The van der Waals surface area contributed by atoms with Crippen LogP contribution in [0.1, 0.15) is 36.6 Å². The average molecular weight is 190 g/mol. The third kappa shape index (κ3) is 1.61. The Hall–Kier alpha value is -1.05. The van der Waals surface area contributed by atoms with Gasteiger partial charge in [-0.05, 0) is 37.3 Å². The van der Waals surface area contributed by atoms with Crippen LogP contribution >= 0.6 is 0 Å². The first kappa shape index (κ1) is 9.50. The standard InChI is InChI=1S/C12H18N2/c1-3-5-10-8-14-9(2)11-6-4-7-13-12(10)11/h8,13H,3-7H2,1-2H3. The lowest BCUT2D eigenvalue weighted by molar-refractivity contribution is 0.799. The van der Waals surface area contributed by atoms with Crippen molar-refractivity contribution in [3.8, 4) is 0 Å². The molecule has 0 fully saturated rings. The summed E-state index contributed by atoms with van der Waals surface area (Å²) < 4.78 is 0. The molecule has 0 spiro atoms. The van der Waals surface area contributed by atoms with Crippen molar-refractivity contribution >= 4 is 5.69 Å². The van der Waals surface area contributed by atoms with Gasteiger partial charge in [-0.2, -0.15) is 0 Å². The minimum absolute atomic E-state index is 1.12. The largest absolute Gasteiger partial charge is 0.384 e. The van der Waals surface area contributed by atoms with Crippen molar-refractivity contribution in [1.29, 1.82) is 0 Å². The van der Waals surface area contributed by atoms with Gasteiger partial charge in [-0.1, -0.05) is 13.3 Å². The average Bonchev–Trinajstić information content (AvgIpc) is 2.23. The van der Waals surface area contributed by atoms with Gasteiger partial charge in [0.15, 0.2) is 0 Å². The molecule has 1 aromatic heterocycles. The predicted molar refractivity (Wildman–Crippen MR) is 59.8 cm³/mol. The molecule has 76 valence electrons. The van der Waals surface area contributed by atoms with E-state index in [1.54, 1.807) is 0 Å². The fourth-order valence-corrected chi connectivity index (χ4v) is 2.16. The number of aromatic nitrogens is 1. The molecule has 0 saturated heterocycles. The number of fused-ring (bicyclic) bond motifs is 1. The highest BCUT2D eigenvalue weighted by Gasteiger charge is 2.14. The molecule has 1 aromatic rings. The molecular weight excluding hydrogens is 172 g/mol. The Morgan fingerprint density at radius 2 is 2.36 bits per heavy atom. The van der Waals surface area contributed by atoms with E-state index in [-0.39, 0.29) is 0 Å². The Kier molecular flexibility index (Phi) is 2.71. The van der Waals surface area contributed by atoms with Crippen LogP contribution in [0.4, 0.5) is 5.69 Å². The van der Waals surface area contributed by atoms with Gasteiger partial charge < -0.3 is 5.32 Å². The Balaban J connectivity index is 2.42. The van der Waals surface area contributed by atoms with Gasteiger partial charge in [-0.3, -0.25) is 4.98 Å². The van der Waals surface area contributed by atoms with Crippen molar-refractivity contribution in [2.24, 2.45) is 0 Å². The third-order valence-corrected chi connectivity index (χ3v) is 2.90. The van der Waals surface area contributed by atoms with Gasteiger partial charge in [0.1, 0.15) is 0 Å². The lowest BCUT2D eigenvalue weighted by Crippen LogP contribution is -2.15. The molecule has 1 aliphatic heterocycles. The first-order chi connectivity index (χ1) is 6.83. The normalized spacial score (nSPS) is 14.7. The number of hydrogen-bond acceptors (Lipinski definition) is 2. The third-order valence-electron chi connectivity index (χ3n) is 2.90. The van der Waals surface area contributed by atoms with Crippen molar-refractivity contribution in [2.45, 2.75) is 39.5 Å². The molecule has 0 radical (unpaired) electrons. The zero-order chi connectivity index (χ0) is 9.97.